The van der Waals surface area contributed by atoms with Crippen LogP contribution in [0.4, 0.5) is 0 Å². The summed E-state index contributed by atoms with van der Waals surface area (Å²) in [6, 6.07) is 0. The molecule has 98 valence electrons. The molecule has 0 saturated heterocycles. The van der Waals surface area contributed by atoms with Gasteiger partial charge in [-0.3, -0.25) is 0 Å². The summed E-state index contributed by atoms with van der Waals surface area (Å²) < 4.78 is 6.42. The molecule has 0 aliphatic rings. The van der Waals surface area contributed by atoms with E-state index < -0.39 is 0 Å². The second kappa shape index (κ2) is 14.0. The Morgan fingerprint density at radius 1 is 0.941 bits per heavy atom. The molecule has 0 fully saturated rings. The van der Waals surface area contributed by atoms with Crippen LogP contribution in [-0.4, -0.2) is 17.6 Å². The summed E-state index contributed by atoms with van der Waals surface area (Å²) in [4.78, 5) is 0. The third-order valence-corrected chi connectivity index (χ3v) is 2.60. The first-order valence-electron chi connectivity index (χ1n) is 6.34. The lowest BCUT2D eigenvalue weighted by atomic mass is 10.2. The van der Waals surface area contributed by atoms with E-state index in [0.29, 0.717) is 0 Å². The highest BCUT2D eigenvalue weighted by atomic mass is 127. The van der Waals surface area contributed by atoms with E-state index in [0.717, 1.165) is 36.9 Å². The Hall–Kier alpha value is -0.0900. The fourth-order valence-corrected chi connectivity index (χ4v) is 1.60. The average molecular weight is 348 g/mol. The summed E-state index contributed by atoms with van der Waals surface area (Å²) >= 11 is 2.32. The Morgan fingerprint density at radius 2 is 1.53 bits per heavy atom. The zero-order valence-corrected chi connectivity index (χ0v) is 13.3. The second-order valence-electron chi connectivity index (χ2n) is 4.14. The van der Waals surface area contributed by atoms with Crippen LogP contribution in [0.1, 0.15) is 39.5 Å². The third-order valence-electron chi connectivity index (χ3n) is 2.15. The van der Waals surface area contributed by atoms with Gasteiger partial charge in [0.2, 0.25) is 0 Å². The highest BCUT2D eigenvalue weighted by Crippen LogP contribution is 2.00. The highest BCUT2D eigenvalue weighted by molar-refractivity contribution is 14.1. The van der Waals surface area contributed by atoms with E-state index >= 15 is 0 Å². The van der Waals surface area contributed by atoms with Gasteiger partial charge in [0.25, 0.3) is 0 Å². The van der Waals surface area contributed by atoms with Crippen molar-refractivity contribution in [3.8, 4) is 0 Å². The molecule has 0 aliphatic carbocycles. The maximum Gasteiger partial charge on any atom is 0.0647 e. The Bertz CT molecular complexity index is 237. The van der Waals surface area contributed by atoms with E-state index in [-0.39, 0.29) is 0 Å². The van der Waals surface area contributed by atoms with E-state index in [2.05, 4.69) is 66.8 Å². The molecule has 0 heterocycles. The second-order valence-corrected chi connectivity index (χ2v) is 5.22. The molecule has 0 N–H and O–H groups in total. The maximum atomic E-state index is 5.35. The summed E-state index contributed by atoms with van der Waals surface area (Å²) in [5.74, 6) is 0. The van der Waals surface area contributed by atoms with Crippen LogP contribution in [0.15, 0.2) is 36.0 Å². The van der Waals surface area contributed by atoms with Crippen molar-refractivity contribution in [2.24, 2.45) is 0 Å². The van der Waals surface area contributed by atoms with Crippen LogP contribution < -0.4 is 0 Å². The van der Waals surface area contributed by atoms with Gasteiger partial charge in [-0.2, -0.15) is 0 Å². The normalized spacial score (nSPS) is 11.5. The monoisotopic (exact) mass is 348 g/mol. The van der Waals surface area contributed by atoms with Crippen molar-refractivity contribution in [1.29, 1.82) is 0 Å². The zero-order valence-electron chi connectivity index (χ0n) is 11.1. The number of halogens is 1. The number of hydrogen-bond acceptors (Lipinski definition) is 1. The van der Waals surface area contributed by atoms with Gasteiger partial charge >= 0.3 is 0 Å². The van der Waals surface area contributed by atoms with Crippen LogP contribution in [0.5, 0.6) is 0 Å². The molecule has 0 amide bonds. The predicted octanol–water partition coefficient (Wildman–Crippen LogP) is 5.08. The van der Waals surface area contributed by atoms with Crippen molar-refractivity contribution >= 4 is 22.6 Å². The SMILES string of the molecule is CC(C)=CCCC=CCCC=CCOCCI. The summed E-state index contributed by atoms with van der Waals surface area (Å²) in [6.07, 6.45) is 15.7. The van der Waals surface area contributed by atoms with Gasteiger partial charge in [0, 0.05) is 4.43 Å². The summed E-state index contributed by atoms with van der Waals surface area (Å²) in [7, 11) is 0. The molecular weight excluding hydrogens is 323 g/mol. The highest BCUT2D eigenvalue weighted by Gasteiger charge is 1.82. The Balaban J connectivity index is 3.27. The number of alkyl halides is 1. The van der Waals surface area contributed by atoms with Crippen LogP contribution >= 0.6 is 22.6 Å². The van der Waals surface area contributed by atoms with E-state index in [1.165, 1.54) is 12.0 Å². The molecule has 0 aliphatic heterocycles. The minimum Gasteiger partial charge on any atom is -0.377 e. The minimum absolute atomic E-state index is 0.757. The molecule has 0 aromatic heterocycles. The molecule has 17 heavy (non-hydrogen) atoms. The molecule has 0 rings (SSSR count). The molecule has 0 unspecified atom stereocenters. The van der Waals surface area contributed by atoms with Crippen LogP contribution in [-0.2, 0) is 4.74 Å². The fraction of sp³-hybridized carbons (Fsp3) is 0.600. The Labute approximate surface area is 120 Å². The van der Waals surface area contributed by atoms with Gasteiger partial charge in [-0.1, -0.05) is 58.5 Å². The van der Waals surface area contributed by atoms with Crippen LogP contribution in [0, 0.1) is 0 Å². The van der Waals surface area contributed by atoms with Gasteiger partial charge in [0.1, 0.15) is 0 Å². The van der Waals surface area contributed by atoms with Gasteiger partial charge in [-0.25, -0.2) is 0 Å². The Morgan fingerprint density at radius 3 is 2.12 bits per heavy atom. The number of ether oxygens (including phenoxy) is 1. The minimum atomic E-state index is 0.757. The first kappa shape index (κ1) is 16.9. The molecule has 0 spiro atoms. The van der Waals surface area contributed by atoms with Crippen molar-refractivity contribution in [3.05, 3.63) is 36.0 Å². The van der Waals surface area contributed by atoms with Gasteiger partial charge in [0.05, 0.1) is 13.2 Å². The lowest BCUT2D eigenvalue weighted by molar-refractivity contribution is 0.182. The standard InChI is InChI=1S/C15H25IO/c1-15(2)11-9-7-5-3-4-6-8-10-13-17-14-12-16/h3,5,8,10-11H,4,6-7,9,12-14H2,1-2H3. The predicted molar refractivity (Wildman–Crippen MR) is 85.9 cm³/mol. The van der Waals surface area contributed by atoms with Crippen molar-refractivity contribution in [2.75, 3.05) is 17.6 Å². The van der Waals surface area contributed by atoms with Gasteiger partial charge in [-0.05, 0) is 39.5 Å². The van der Waals surface area contributed by atoms with Crippen LogP contribution in [0.3, 0.4) is 0 Å². The largest absolute Gasteiger partial charge is 0.377 e. The molecule has 0 aromatic carbocycles. The molecular formula is C15H25IO. The molecule has 0 saturated carbocycles. The lowest BCUT2D eigenvalue weighted by Gasteiger charge is -1.94. The van der Waals surface area contributed by atoms with Gasteiger partial charge in [0.15, 0.2) is 0 Å². The van der Waals surface area contributed by atoms with Crippen molar-refractivity contribution in [2.45, 2.75) is 39.5 Å². The summed E-state index contributed by atoms with van der Waals surface area (Å²) in [5, 5.41) is 0. The van der Waals surface area contributed by atoms with E-state index in [4.69, 9.17) is 4.74 Å². The number of allylic oxidation sites excluding steroid dienone is 5. The molecule has 2 heteroatoms. The topological polar surface area (TPSA) is 9.23 Å². The van der Waals surface area contributed by atoms with Crippen molar-refractivity contribution in [3.63, 3.8) is 0 Å². The van der Waals surface area contributed by atoms with Crippen molar-refractivity contribution in [1.82, 2.24) is 0 Å². The van der Waals surface area contributed by atoms with Gasteiger partial charge < -0.3 is 4.74 Å². The molecule has 0 aromatic rings. The summed E-state index contributed by atoms with van der Waals surface area (Å²) in [6.45, 7) is 5.91. The van der Waals surface area contributed by atoms with Gasteiger partial charge in [-0.15, -0.1) is 0 Å². The Kier molecular flexibility index (Phi) is 13.9. The first-order valence-corrected chi connectivity index (χ1v) is 7.87. The molecule has 0 bridgehead atoms. The molecule has 1 nitrogen and oxygen atoms in total. The van der Waals surface area contributed by atoms with Crippen molar-refractivity contribution < 1.29 is 4.74 Å². The molecule has 0 radical (unpaired) electrons. The van der Waals surface area contributed by atoms with Crippen LogP contribution in [0.25, 0.3) is 0 Å². The first-order chi connectivity index (χ1) is 8.27. The quantitative estimate of drug-likeness (QED) is 0.232. The van der Waals surface area contributed by atoms with E-state index in [9.17, 15) is 0 Å². The number of hydrogen-bond donors (Lipinski definition) is 0. The summed E-state index contributed by atoms with van der Waals surface area (Å²) in [5.41, 5.74) is 1.41. The number of rotatable bonds is 10. The van der Waals surface area contributed by atoms with E-state index in [1.54, 1.807) is 0 Å². The number of unbranched alkanes of at least 4 members (excludes halogenated alkanes) is 2. The fourth-order valence-electron chi connectivity index (χ4n) is 1.29. The third kappa shape index (κ3) is 15.9. The lowest BCUT2D eigenvalue weighted by Crippen LogP contribution is -1.93. The average Bonchev–Trinajstić information content (AvgIpc) is 2.30. The zero-order chi connectivity index (χ0) is 12.8. The maximum absolute atomic E-state index is 5.35. The smallest absolute Gasteiger partial charge is 0.0647 e. The van der Waals surface area contributed by atoms with Crippen LogP contribution in [0.2, 0.25) is 0 Å². The van der Waals surface area contributed by atoms with E-state index in [1.807, 2.05) is 0 Å². The molecule has 0 atom stereocenters.